The lowest BCUT2D eigenvalue weighted by Gasteiger charge is -2.25. The van der Waals surface area contributed by atoms with Crippen molar-refractivity contribution in [1.29, 1.82) is 0 Å². The predicted molar refractivity (Wildman–Crippen MR) is 58.0 cm³/mol. The molecule has 76 valence electrons. The molecule has 0 saturated heterocycles. The van der Waals surface area contributed by atoms with Crippen LogP contribution in [-0.2, 0) is 4.79 Å². The molecule has 0 radical (unpaired) electrons. The maximum atomic E-state index is 11.8. The number of nitrogens with zero attached hydrogens (tertiary/aromatic N) is 1. The number of carbonyl (C=O) groups is 1. The van der Waals surface area contributed by atoms with Gasteiger partial charge in [-0.15, -0.1) is 0 Å². The molecule has 1 atom stereocenters. The highest BCUT2D eigenvalue weighted by molar-refractivity contribution is 7.81. The molecule has 0 aromatic carbocycles. The lowest BCUT2D eigenvalue weighted by molar-refractivity contribution is -0.131. The van der Waals surface area contributed by atoms with Crippen molar-refractivity contribution in [3.05, 3.63) is 0 Å². The Bertz CT molecular complexity index is 189. The van der Waals surface area contributed by atoms with Crippen molar-refractivity contribution in [3.63, 3.8) is 0 Å². The smallest absolute Gasteiger partial charge is 0.235 e. The highest BCUT2D eigenvalue weighted by Crippen LogP contribution is 2.28. The van der Waals surface area contributed by atoms with Gasteiger partial charge in [0.25, 0.3) is 0 Å². The average molecular weight is 201 g/mol. The predicted octanol–water partition coefficient (Wildman–Crippen LogP) is 1.95. The summed E-state index contributed by atoms with van der Waals surface area (Å²) in [6.07, 6.45) is 2.36. The van der Waals surface area contributed by atoms with Crippen LogP contribution in [-0.4, -0.2) is 28.6 Å². The summed E-state index contributed by atoms with van der Waals surface area (Å²) in [5, 5.41) is -0.124. The topological polar surface area (TPSA) is 20.3 Å². The van der Waals surface area contributed by atoms with Crippen LogP contribution in [0.4, 0.5) is 0 Å². The molecule has 0 aromatic heterocycles. The van der Waals surface area contributed by atoms with E-state index in [1.807, 2.05) is 25.7 Å². The summed E-state index contributed by atoms with van der Waals surface area (Å²) in [6.45, 7) is 6.94. The number of carbonyl (C=O) groups excluding carboxylic acids is 1. The Balaban J connectivity index is 2.52. The van der Waals surface area contributed by atoms with Gasteiger partial charge in [-0.05, 0) is 25.7 Å². The molecule has 1 unspecified atom stereocenters. The summed E-state index contributed by atoms with van der Waals surface area (Å²) >= 11 is 4.34. The molecule has 13 heavy (non-hydrogen) atoms. The molecule has 1 saturated carbocycles. The fourth-order valence-corrected chi connectivity index (χ4v) is 1.58. The second-order valence-electron chi connectivity index (χ2n) is 4.04. The van der Waals surface area contributed by atoms with Gasteiger partial charge in [0.1, 0.15) is 0 Å². The lowest BCUT2D eigenvalue weighted by atomic mass is 10.1. The van der Waals surface area contributed by atoms with Crippen molar-refractivity contribution >= 4 is 18.5 Å². The third-order valence-corrected chi connectivity index (χ3v) is 3.31. The van der Waals surface area contributed by atoms with Crippen LogP contribution in [0.15, 0.2) is 0 Å². The van der Waals surface area contributed by atoms with E-state index in [1.165, 1.54) is 12.8 Å². The third kappa shape index (κ3) is 2.63. The fraction of sp³-hybridized carbons (Fsp3) is 0.900. The number of thiol groups is 1. The Hall–Kier alpha value is -0.180. The van der Waals surface area contributed by atoms with Crippen LogP contribution < -0.4 is 0 Å². The standard InChI is InChI=1S/C10H19NOS/c1-4-11(8-5-6-8)10(12)9(13)7(2)3/h7-9,13H,4-6H2,1-3H3. The molecule has 2 nitrogen and oxygen atoms in total. The largest absolute Gasteiger partial charge is 0.339 e. The van der Waals surface area contributed by atoms with Crippen LogP contribution in [0.3, 0.4) is 0 Å². The van der Waals surface area contributed by atoms with E-state index >= 15 is 0 Å². The molecule has 0 aliphatic heterocycles. The summed E-state index contributed by atoms with van der Waals surface area (Å²) in [4.78, 5) is 13.8. The van der Waals surface area contributed by atoms with Crippen molar-refractivity contribution in [2.24, 2.45) is 5.92 Å². The zero-order chi connectivity index (χ0) is 10.0. The third-order valence-electron chi connectivity index (χ3n) is 2.50. The Morgan fingerprint density at radius 2 is 2.08 bits per heavy atom. The molecule has 0 N–H and O–H groups in total. The zero-order valence-electron chi connectivity index (χ0n) is 8.66. The van der Waals surface area contributed by atoms with Crippen molar-refractivity contribution in [2.75, 3.05) is 6.54 Å². The molecule has 1 rings (SSSR count). The summed E-state index contributed by atoms with van der Waals surface area (Å²) in [6, 6.07) is 0.519. The van der Waals surface area contributed by atoms with Crippen LogP contribution in [0.5, 0.6) is 0 Å². The fourth-order valence-electron chi connectivity index (χ4n) is 1.44. The number of hydrogen-bond donors (Lipinski definition) is 1. The SMILES string of the molecule is CCN(C(=O)C(S)C(C)C)C1CC1. The van der Waals surface area contributed by atoms with Gasteiger partial charge >= 0.3 is 0 Å². The maximum absolute atomic E-state index is 11.8. The van der Waals surface area contributed by atoms with Crippen molar-refractivity contribution < 1.29 is 4.79 Å². The molecule has 0 bridgehead atoms. The van der Waals surface area contributed by atoms with Gasteiger partial charge in [-0.1, -0.05) is 13.8 Å². The molecule has 1 amide bonds. The van der Waals surface area contributed by atoms with Gasteiger partial charge in [0.2, 0.25) is 5.91 Å². The summed E-state index contributed by atoms with van der Waals surface area (Å²) < 4.78 is 0. The first-order chi connectivity index (χ1) is 6.07. The maximum Gasteiger partial charge on any atom is 0.235 e. The molecule has 1 fully saturated rings. The van der Waals surface area contributed by atoms with E-state index in [2.05, 4.69) is 12.6 Å². The zero-order valence-corrected chi connectivity index (χ0v) is 9.55. The van der Waals surface area contributed by atoms with Gasteiger partial charge in [0.05, 0.1) is 5.25 Å². The molecular weight excluding hydrogens is 182 g/mol. The highest BCUT2D eigenvalue weighted by Gasteiger charge is 2.34. The molecule has 1 aliphatic carbocycles. The number of hydrogen-bond acceptors (Lipinski definition) is 2. The summed E-state index contributed by atoms with van der Waals surface area (Å²) in [5.41, 5.74) is 0. The van der Waals surface area contributed by atoms with E-state index in [1.54, 1.807) is 0 Å². The minimum absolute atomic E-state index is 0.124. The van der Waals surface area contributed by atoms with E-state index in [0.717, 1.165) is 6.54 Å². The first-order valence-corrected chi connectivity index (χ1v) is 5.58. The van der Waals surface area contributed by atoms with Crippen LogP contribution >= 0.6 is 12.6 Å². The van der Waals surface area contributed by atoms with Crippen molar-refractivity contribution in [3.8, 4) is 0 Å². The first-order valence-electron chi connectivity index (χ1n) is 5.06. The van der Waals surface area contributed by atoms with Gasteiger partial charge in [0, 0.05) is 12.6 Å². The van der Waals surface area contributed by atoms with Gasteiger partial charge in [0.15, 0.2) is 0 Å². The van der Waals surface area contributed by atoms with E-state index in [9.17, 15) is 4.79 Å². The van der Waals surface area contributed by atoms with Crippen LogP contribution in [0, 0.1) is 5.92 Å². The Morgan fingerprint density at radius 3 is 2.38 bits per heavy atom. The molecule has 0 heterocycles. The van der Waals surface area contributed by atoms with Gasteiger partial charge in [-0.25, -0.2) is 0 Å². The van der Waals surface area contributed by atoms with Crippen LogP contribution in [0.2, 0.25) is 0 Å². The van der Waals surface area contributed by atoms with Crippen LogP contribution in [0.1, 0.15) is 33.6 Å². The molecule has 3 heteroatoms. The van der Waals surface area contributed by atoms with Gasteiger partial charge in [-0.3, -0.25) is 4.79 Å². The normalized spacial score (nSPS) is 18.8. The second-order valence-corrected chi connectivity index (χ2v) is 4.60. The second kappa shape index (κ2) is 4.36. The highest BCUT2D eigenvalue weighted by atomic mass is 32.1. The summed E-state index contributed by atoms with van der Waals surface area (Å²) in [5.74, 6) is 0.534. The molecule has 0 spiro atoms. The Morgan fingerprint density at radius 1 is 1.54 bits per heavy atom. The minimum Gasteiger partial charge on any atom is -0.339 e. The quantitative estimate of drug-likeness (QED) is 0.689. The number of rotatable bonds is 4. The number of amides is 1. The Kier molecular flexibility index (Phi) is 3.65. The monoisotopic (exact) mass is 201 g/mol. The molecule has 0 aromatic rings. The lowest BCUT2D eigenvalue weighted by Crippen LogP contribution is -2.40. The first kappa shape index (κ1) is 10.9. The van der Waals surface area contributed by atoms with Crippen molar-refractivity contribution in [1.82, 2.24) is 4.90 Å². The van der Waals surface area contributed by atoms with E-state index < -0.39 is 0 Å². The van der Waals surface area contributed by atoms with Gasteiger partial charge in [-0.2, -0.15) is 12.6 Å². The molecule has 1 aliphatic rings. The van der Waals surface area contributed by atoms with Gasteiger partial charge < -0.3 is 4.90 Å². The Labute approximate surface area is 86.1 Å². The summed E-state index contributed by atoms with van der Waals surface area (Å²) in [7, 11) is 0. The average Bonchev–Trinajstić information content (AvgIpc) is 2.88. The van der Waals surface area contributed by atoms with E-state index in [4.69, 9.17) is 0 Å². The van der Waals surface area contributed by atoms with Crippen LogP contribution in [0.25, 0.3) is 0 Å². The van der Waals surface area contributed by atoms with E-state index in [-0.39, 0.29) is 11.2 Å². The van der Waals surface area contributed by atoms with Crippen molar-refractivity contribution in [2.45, 2.75) is 44.9 Å². The van der Waals surface area contributed by atoms with E-state index in [0.29, 0.717) is 12.0 Å². The minimum atomic E-state index is -0.124. The molecular formula is C10H19NOS.